The predicted octanol–water partition coefficient (Wildman–Crippen LogP) is 0.862. The molecule has 2 N–H and O–H groups in total. The first-order valence-electron chi connectivity index (χ1n) is 9.30. The zero-order valence-corrected chi connectivity index (χ0v) is 16.1. The first kappa shape index (κ1) is 18.9. The van der Waals surface area contributed by atoms with Crippen LogP contribution in [0, 0.1) is 17.3 Å². The lowest BCUT2D eigenvalue weighted by Crippen LogP contribution is -2.50. The fourth-order valence-electron chi connectivity index (χ4n) is 5.39. The lowest BCUT2D eigenvalue weighted by atomic mass is 9.82. The van der Waals surface area contributed by atoms with Crippen LogP contribution in [0.4, 0.5) is 4.79 Å². The third kappa shape index (κ3) is 3.20. The SMILES string of the molecule is CC1(C)C2CCC1C(ONC(=O)C1CCC3CN1C(=O)N3OS(=O)(=O)O)C2. The molecular weight excluding hydrogens is 378 g/mol. The number of fused-ring (bicyclic) bond motifs is 4. The number of carbonyl (C=O) groups is 2. The van der Waals surface area contributed by atoms with Crippen LogP contribution in [0.2, 0.25) is 0 Å². The van der Waals surface area contributed by atoms with Gasteiger partial charge in [-0.1, -0.05) is 13.8 Å². The first-order valence-corrected chi connectivity index (χ1v) is 10.7. The number of nitrogens with one attached hydrogen (secondary N) is 1. The molecule has 2 heterocycles. The smallest absolute Gasteiger partial charge is 0.309 e. The van der Waals surface area contributed by atoms with Crippen molar-refractivity contribution in [3.05, 3.63) is 0 Å². The van der Waals surface area contributed by atoms with Crippen molar-refractivity contribution in [1.29, 1.82) is 0 Å². The van der Waals surface area contributed by atoms with Crippen LogP contribution in [-0.4, -0.2) is 59.6 Å². The number of piperidine rings is 1. The summed E-state index contributed by atoms with van der Waals surface area (Å²) in [6.07, 6.45) is 3.93. The molecule has 10 nitrogen and oxygen atoms in total. The van der Waals surface area contributed by atoms with Crippen molar-refractivity contribution in [3.63, 3.8) is 0 Å². The molecule has 0 aromatic rings. The molecule has 27 heavy (non-hydrogen) atoms. The van der Waals surface area contributed by atoms with E-state index in [0.29, 0.717) is 29.7 Å². The normalized spacial score (nSPS) is 37.1. The van der Waals surface area contributed by atoms with Crippen molar-refractivity contribution >= 4 is 22.3 Å². The van der Waals surface area contributed by atoms with Gasteiger partial charge in [0.1, 0.15) is 6.04 Å². The lowest BCUT2D eigenvalue weighted by molar-refractivity contribution is -0.147. The highest BCUT2D eigenvalue weighted by Gasteiger charge is 2.54. The summed E-state index contributed by atoms with van der Waals surface area (Å²) in [7, 11) is -4.80. The molecule has 3 amide bonds. The van der Waals surface area contributed by atoms with Crippen LogP contribution >= 0.6 is 0 Å². The molecule has 152 valence electrons. The fourth-order valence-corrected chi connectivity index (χ4v) is 5.78. The van der Waals surface area contributed by atoms with Gasteiger partial charge in [0.2, 0.25) is 0 Å². The standard InChI is InChI=1S/C16H25N3O7S/c1-16(2)9-3-5-11(16)13(7-9)25-17-14(20)12-6-4-10-8-18(12)15(21)19(10)26-27(22,23)24/h9-13H,3-8H2,1-2H3,(H,17,20)(H,22,23,24). The molecule has 5 unspecified atom stereocenters. The number of hydrogen-bond acceptors (Lipinski definition) is 6. The molecule has 2 aliphatic heterocycles. The highest BCUT2D eigenvalue weighted by molar-refractivity contribution is 7.80. The van der Waals surface area contributed by atoms with E-state index in [-0.39, 0.29) is 18.1 Å². The van der Waals surface area contributed by atoms with Crippen LogP contribution in [0.5, 0.6) is 0 Å². The van der Waals surface area contributed by atoms with Gasteiger partial charge in [-0.25, -0.2) is 10.3 Å². The minimum atomic E-state index is -4.80. The van der Waals surface area contributed by atoms with E-state index >= 15 is 0 Å². The molecule has 0 spiro atoms. The van der Waals surface area contributed by atoms with Crippen molar-refractivity contribution in [2.24, 2.45) is 17.3 Å². The molecule has 5 atom stereocenters. The maximum Gasteiger partial charge on any atom is 0.418 e. The third-order valence-electron chi connectivity index (χ3n) is 6.91. The molecule has 2 aliphatic carbocycles. The Morgan fingerprint density at radius 2 is 2.00 bits per heavy atom. The molecule has 4 bridgehead atoms. The highest BCUT2D eigenvalue weighted by atomic mass is 32.3. The summed E-state index contributed by atoms with van der Waals surface area (Å²) in [6, 6.07) is -2.03. The van der Waals surface area contributed by atoms with Crippen molar-refractivity contribution in [1.82, 2.24) is 15.4 Å². The van der Waals surface area contributed by atoms with Gasteiger partial charge in [0.25, 0.3) is 5.91 Å². The van der Waals surface area contributed by atoms with Gasteiger partial charge in [-0.3, -0.25) is 14.2 Å². The Hall–Kier alpha value is -1.43. The molecule has 0 radical (unpaired) electrons. The van der Waals surface area contributed by atoms with Gasteiger partial charge in [0.05, 0.1) is 12.1 Å². The van der Waals surface area contributed by atoms with E-state index in [1.807, 2.05) is 0 Å². The number of hydrogen-bond donors (Lipinski definition) is 2. The molecule has 4 fully saturated rings. The molecule has 4 aliphatic rings. The average molecular weight is 403 g/mol. The van der Waals surface area contributed by atoms with Gasteiger partial charge in [-0.15, -0.1) is 4.28 Å². The van der Waals surface area contributed by atoms with E-state index in [9.17, 15) is 18.0 Å². The maximum atomic E-state index is 12.6. The second-order valence-electron chi connectivity index (χ2n) is 8.57. The number of amides is 3. The number of rotatable bonds is 5. The number of carbonyl (C=O) groups excluding carboxylic acids is 2. The van der Waals surface area contributed by atoms with E-state index in [0.717, 1.165) is 12.8 Å². The van der Waals surface area contributed by atoms with Gasteiger partial charge < -0.3 is 4.90 Å². The van der Waals surface area contributed by atoms with E-state index < -0.39 is 34.4 Å². The van der Waals surface area contributed by atoms with Crippen molar-refractivity contribution < 1.29 is 31.7 Å². The van der Waals surface area contributed by atoms with E-state index in [2.05, 4.69) is 23.6 Å². The average Bonchev–Trinajstić information content (AvgIpc) is 3.11. The summed E-state index contributed by atoms with van der Waals surface area (Å²) in [4.78, 5) is 31.9. The van der Waals surface area contributed by atoms with Crippen LogP contribution < -0.4 is 5.48 Å². The zero-order valence-electron chi connectivity index (χ0n) is 15.3. The minimum Gasteiger partial charge on any atom is -0.309 e. The summed E-state index contributed by atoms with van der Waals surface area (Å²) in [5.41, 5.74) is 2.74. The minimum absolute atomic E-state index is 0.0207. The molecule has 0 aromatic heterocycles. The van der Waals surface area contributed by atoms with Crippen molar-refractivity contribution in [3.8, 4) is 0 Å². The zero-order chi connectivity index (χ0) is 19.6. The largest absolute Gasteiger partial charge is 0.418 e. The third-order valence-corrected chi connectivity index (χ3v) is 7.26. The quantitative estimate of drug-likeness (QED) is 0.515. The first-order chi connectivity index (χ1) is 12.6. The van der Waals surface area contributed by atoms with Gasteiger partial charge in [0.15, 0.2) is 0 Å². The lowest BCUT2D eigenvalue weighted by Gasteiger charge is -2.30. The molecule has 4 rings (SSSR count). The number of nitrogens with zero attached hydrogens (tertiary/aromatic N) is 2. The second kappa shape index (κ2) is 6.29. The molecule has 2 saturated heterocycles. The van der Waals surface area contributed by atoms with Gasteiger partial charge in [-0.05, 0) is 49.4 Å². The molecular formula is C16H25N3O7S. The van der Waals surface area contributed by atoms with Gasteiger partial charge in [0, 0.05) is 6.54 Å². The molecule has 0 aromatic carbocycles. The van der Waals surface area contributed by atoms with E-state index in [1.165, 1.54) is 11.3 Å². The van der Waals surface area contributed by atoms with Crippen molar-refractivity contribution in [2.45, 2.75) is 64.1 Å². The Balaban J connectivity index is 1.36. The van der Waals surface area contributed by atoms with Crippen LogP contribution in [0.1, 0.15) is 46.0 Å². The Labute approximate surface area is 158 Å². The summed E-state index contributed by atoms with van der Waals surface area (Å²) in [6.45, 7) is 4.65. The fraction of sp³-hybridized carbons (Fsp3) is 0.875. The summed E-state index contributed by atoms with van der Waals surface area (Å²) < 4.78 is 35.0. The monoisotopic (exact) mass is 403 g/mol. The Morgan fingerprint density at radius 3 is 2.59 bits per heavy atom. The number of urea groups is 1. The summed E-state index contributed by atoms with van der Waals surface area (Å²) in [5, 5.41) is 0.627. The Bertz CT molecular complexity index is 755. The number of hydroxylamine groups is 3. The Morgan fingerprint density at radius 1 is 1.26 bits per heavy atom. The summed E-state index contributed by atoms with van der Waals surface area (Å²) in [5.74, 6) is 0.591. The molecule has 11 heteroatoms. The van der Waals surface area contributed by atoms with Crippen LogP contribution in [0.15, 0.2) is 0 Å². The van der Waals surface area contributed by atoms with Crippen molar-refractivity contribution in [2.75, 3.05) is 6.54 Å². The topological polar surface area (TPSA) is 125 Å². The van der Waals surface area contributed by atoms with Gasteiger partial charge in [-0.2, -0.15) is 13.5 Å². The molecule has 2 saturated carbocycles. The maximum absolute atomic E-state index is 12.6. The summed E-state index contributed by atoms with van der Waals surface area (Å²) >= 11 is 0. The van der Waals surface area contributed by atoms with E-state index in [1.54, 1.807) is 0 Å². The second-order valence-corrected chi connectivity index (χ2v) is 9.57. The van der Waals surface area contributed by atoms with Crippen LogP contribution in [-0.2, 0) is 24.3 Å². The Kier molecular flexibility index (Phi) is 4.41. The highest BCUT2D eigenvalue weighted by Crippen LogP contribution is 2.58. The van der Waals surface area contributed by atoms with Crippen LogP contribution in [0.25, 0.3) is 0 Å². The van der Waals surface area contributed by atoms with Crippen LogP contribution in [0.3, 0.4) is 0 Å². The predicted molar refractivity (Wildman–Crippen MR) is 91.0 cm³/mol. The van der Waals surface area contributed by atoms with E-state index in [4.69, 9.17) is 9.39 Å². The van der Waals surface area contributed by atoms with Gasteiger partial charge >= 0.3 is 16.4 Å².